The van der Waals surface area contributed by atoms with Gasteiger partial charge in [0.1, 0.15) is 0 Å². The quantitative estimate of drug-likeness (QED) is 0.809. The summed E-state index contributed by atoms with van der Waals surface area (Å²) in [6.07, 6.45) is 2.80. The van der Waals surface area contributed by atoms with Crippen molar-refractivity contribution in [1.29, 1.82) is 0 Å². The van der Waals surface area contributed by atoms with Crippen molar-refractivity contribution in [3.8, 4) is 0 Å². The molecule has 7 heteroatoms. The van der Waals surface area contributed by atoms with Gasteiger partial charge in [0, 0.05) is 19.2 Å². The van der Waals surface area contributed by atoms with Crippen molar-refractivity contribution in [2.45, 2.75) is 31.1 Å². The van der Waals surface area contributed by atoms with Gasteiger partial charge >= 0.3 is 0 Å². The van der Waals surface area contributed by atoms with Gasteiger partial charge in [0.15, 0.2) is 11.5 Å². The van der Waals surface area contributed by atoms with Gasteiger partial charge in [-0.1, -0.05) is 31.9 Å². The predicted octanol–water partition coefficient (Wildman–Crippen LogP) is 1.85. The number of rotatable bonds is 5. The van der Waals surface area contributed by atoms with Crippen molar-refractivity contribution >= 4 is 21.7 Å². The second-order valence-corrected chi connectivity index (χ2v) is 7.07. The molecule has 1 aliphatic rings. The molecular weight excluding hydrogens is 304 g/mol. The summed E-state index contributed by atoms with van der Waals surface area (Å²) in [6, 6.07) is 6.09. The second-order valence-electron chi connectivity index (χ2n) is 5.13. The van der Waals surface area contributed by atoms with Crippen LogP contribution in [0.5, 0.6) is 0 Å². The van der Waals surface area contributed by atoms with Gasteiger partial charge in [-0.15, -0.1) is 0 Å². The molecule has 0 spiro atoms. The fourth-order valence-electron chi connectivity index (χ4n) is 2.34. The normalized spacial score (nSPS) is 16.4. The lowest BCUT2D eigenvalue weighted by molar-refractivity contribution is -0.118. The minimum atomic E-state index is -3.83. The van der Waals surface area contributed by atoms with Crippen molar-refractivity contribution in [3.05, 3.63) is 35.5 Å². The smallest absolute Gasteiger partial charge is 0.272 e. The Morgan fingerprint density at radius 2 is 1.95 bits per heavy atom. The number of hydrogen-bond donors (Lipinski definition) is 2. The van der Waals surface area contributed by atoms with Crippen LogP contribution in [0.25, 0.3) is 5.76 Å². The fourth-order valence-corrected chi connectivity index (χ4v) is 3.74. The van der Waals surface area contributed by atoms with Crippen LogP contribution in [0.15, 0.2) is 34.9 Å². The molecule has 0 radical (unpaired) electrons. The Kier molecular flexibility index (Phi) is 4.75. The van der Waals surface area contributed by atoms with E-state index in [2.05, 4.69) is 12.2 Å². The Morgan fingerprint density at radius 3 is 2.64 bits per heavy atom. The highest BCUT2D eigenvalue weighted by molar-refractivity contribution is 7.89. The fraction of sp³-hybridized carbons (Fsp3) is 0.400. The summed E-state index contributed by atoms with van der Waals surface area (Å²) < 4.78 is 25.7. The largest absolute Gasteiger partial charge is 0.505 e. The van der Waals surface area contributed by atoms with Crippen LogP contribution in [0.1, 0.15) is 31.7 Å². The number of unbranched alkanes of at least 4 members (excludes halogenated alkanes) is 2. The molecule has 22 heavy (non-hydrogen) atoms. The summed E-state index contributed by atoms with van der Waals surface area (Å²) in [4.78, 5) is 12.2. The van der Waals surface area contributed by atoms with E-state index < -0.39 is 15.9 Å². The van der Waals surface area contributed by atoms with Crippen LogP contribution >= 0.6 is 0 Å². The highest BCUT2D eigenvalue weighted by Gasteiger charge is 2.37. The molecule has 0 saturated carbocycles. The molecule has 120 valence electrons. The third-order valence-electron chi connectivity index (χ3n) is 3.60. The molecule has 0 saturated heterocycles. The van der Waals surface area contributed by atoms with Crippen LogP contribution in [-0.4, -0.2) is 37.3 Å². The monoisotopic (exact) mass is 324 g/mol. The summed E-state index contributed by atoms with van der Waals surface area (Å²) >= 11 is 0. The van der Waals surface area contributed by atoms with Gasteiger partial charge in [0.05, 0.1) is 4.90 Å². The Labute approximate surface area is 130 Å². The minimum absolute atomic E-state index is 0.00228. The first-order chi connectivity index (χ1) is 10.4. The third-order valence-corrected chi connectivity index (χ3v) is 5.42. The Hall–Kier alpha value is -2.02. The lowest BCUT2D eigenvalue weighted by Crippen LogP contribution is -2.40. The highest BCUT2D eigenvalue weighted by Crippen LogP contribution is 2.34. The Morgan fingerprint density at radius 1 is 1.27 bits per heavy atom. The van der Waals surface area contributed by atoms with Crippen molar-refractivity contribution in [2.75, 3.05) is 13.6 Å². The molecule has 1 aliphatic heterocycles. The molecule has 1 aromatic rings. The average Bonchev–Trinajstić information content (AvgIpc) is 2.50. The molecule has 0 aliphatic carbocycles. The van der Waals surface area contributed by atoms with Crippen LogP contribution in [0.4, 0.5) is 0 Å². The second kappa shape index (κ2) is 6.39. The number of aliphatic hydroxyl groups excluding tert-OH is 1. The number of amides is 1. The zero-order valence-electron chi connectivity index (χ0n) is 12.7. The highest BCUT2D eigenvalue weighted by atomic mass is 32.2. The summed E-state index contributed by atoms with van der Waals surface area (Å²) in [6.45, 7) is 2.49. The molecule has 6 nitrogen and oxygen atoms in total. The molecule has 0 atom stereocenters. The summed E-state index contributed by atoms with van der Waals surface area (Å²) in [7, 11) is -2.56. The van der Waals surface area contributed by atoms with Crippen LogP contribution in [0, 0.1) is 0 Å². The number of nitrogens with zero attached hydrogens (tertiary/aromatic N) is 1. The molecule has 0 fully saturated rings. The van der Waals surface area contributed by atoms with Crippen LogP contribution in [0.2, 0.25) is 0 Å². The summed E-state index contributed by atoms with van der Waals surface area (Å²) in [5, 5.41) is 13.0. The van der Waals surface area contributed by atoms with Gasteiger partial charge < -0.3 is 10.4 Å². The first-order valence-corrected chi connectivity index (χ1v) is 8.65. The molecule has 1 heterocycles. The van der Waals surface area contributed by atoms with Crippen LogP contribution in [0.3, 0.4) is 0 Å². The predicted molar refractivity (Wildman–Crippen MR) is 83.5 cm³/mol. The van der Waals surface area contributed by atoms with Crippen LogP contribution in [-0.2, 0) is 14.8 Å². The molecule has 1 amide bonds. The minimum Gasteiger partial charge on any atom is -0.505 e. The Balaban J connectivity index is 2.36. The van der Waals surface area contributed by atoms with Gasteiger partial charge in [0.25, 0.3) is 15.9 Å². The lowest BCUT2D eigenvalue weighted by Gasteiger charge is -2.28. The Bertz CT molecular complexity index is 710. The number of fused-ring (bicyclic) bond motifs is 1. The topological polar surface area (TPSA) is 86.7 Å². The van der Waals surface area contributed by atoms with E-state index in [0.717, 1.165) is 23.6 Å². The molecule has 0 bridgehead atoms. The molecule has 2 N–H and O–H groups in total. The van der Waals surface area contributed by atoms with E-state index in [1.54, 1.807) is 12.1 Å². The van der Waals surface area contributed by atoms with E-state index in [9.17, 15) is 18.3 Å². The molecule has 0 aromatic heterocycles. The van der Waals surface area contributed by atoms with E-state index >= 15 is 0 Å². The van der Waals surface area contributed by atoms with Crippen molar-refractivity contribution in [1.82, 2.24) is 9.62 Å². The van der Waals surface area contributed by atoms with Crippen molar-refractivity contribution in [2.24, 2.45) is 0 Å². The number of carbonyl (C=O) groups is 1. The molecule has 1 aromatic carbocycles. The van der Waals surface area contributed by atoms with Crippen molar-refractivity contribution in [3.63, 3.8) is 0 Å². The maximum absolute atomic E-state index is 12.4. The first kappa shape index (κ1) is 16.4. The molecule has 0 unspecified atom stereocenters. The zero-order chi connectivity index (χ0) is 16.3. The zero-order valence-corrected chi connectivity index (χ0v) is 13.5. The number of benzene rings is 1. The van der Waals surface area contributed by atoms with Gasteiger partial charge in [-0.3, -0.25) is 9.10 Å². The van der Waals surface area contributed by atoms with Gasteiger partial charge in [0.2, 0.25) is 0 Å². The maximum Gasteiger partial charge on any atom is 0.272 e. The number of nitrogens with one attached hydrogen (secondary N) is 1. The van der Waals surface area contributed by atoms with E-state index in [1.807, 2.05) is 0 Å². The van der Waals surface area contributed by atoms with E-state index in [-0.39, 0.29) is 21.9 Å². The lowest BCUT2D eigenvalue weighted by atomic mass is 10.1. The number of carbonyl (C=O) groups excluding carboxylic acids is 1. The summed E-state index contributed by atoms with van der Waals surface area (Å²) in [5.41, 5.74) is -0.0884. The van der Waals surface area contributed by atoms with E-state index in [1.165, 1.54) is 19.2 Å². The van der Waals surface area contributed by atoms with E-state index in [4.69, 9.17) is 0 Å². The molecule has 2 rings (SSSR count). The number of hydrogen-bond acceptors (Lipinski definition) is 4. The SMILES string of the molecule is CCCCCNC(=O)C1=C(O)c2ccccc2S(=O)(=O)N1C. The average molecular weight is 324 g/mol. The number of likely N-dealkylation sites (N-methyl/N-ethyl adjacent to an activating group) is 1. The molecular formula is C15H20N2O4S. The first-order valence-electron chi connectivity index (χ1n) is 7.21. The maximum atomic E-state index is 12.4. The van der Waals surface area contributed by atoms with E-state index in [0.29, 0.717) is 6.54 Å². The number of aliphatic hydroxyl groups is 1. The standard InChI is InChI=1S/C15H20N2O4S/c1-3-4-7-10-16-15(19)13-14(18)11-8-5-6-9-12(11)22(20,21)17(13)2/h5-6,8-9,18H,3-4,7,10H2,1-2H3,(H,16,19). The summed E-state index contributed by atoms with van der Waals surface area (Å²) in [5.74, 6) is -0.907. The van der Waals surface area contributed by atoms with Gasteiger partial charge in [-0.25, -0.2) is 8.42 Å². The van der Waals surface area contributed by atoms with Crippen LogP contribution < -0.4 is 5.32 Å². The van der Waals surface area contributed by atoms with Crippen molar-refractivity contribution < 1.29 is 18.3 Å². The third kappa shape index (κ3) is 2.81. The number of sulfonamides is 1. The van der Waals surface area contributed by atoms with Gasteiger partial charge in [-0.2, -0.15) is 0 Å². The van der Waals surface area contributed by atoms with Gasteiger partial charge in [-0.05, 0) is 18.6 Å².